The summed E-state index contributed by atoms with van der Waals surface area (Å²) in [5.41, 5.74) is 5.44. The third-order valence-corrected chi connectivity index (χ3v) is 4.84. The van der Waals surface area contributed by atoms with E-state index in [0.29, 0.717) is 5.92 Å². The number of nitrogens with zero attached hydrogens (tertiary/aromatic N) is 3. The molecular formula is C22H17N3. The zero-order valence-electron chi connectivity index (χ0n) is 13.8. The van der Waals surface area contributed by atoms with Crippen molar-refractivity contribution in [2.75, 3.05) is 0 Å². The average Bonchev–Trinajstić information content (AvgIpc) is 3.53. The smallest absolute Gasteiger partial charge is 0.101 e. The van der Waals surface area contributed by atoms with Crippen LogP contribution in [0, 0.1) is 0 Å². The van der Waals surface area contributed by atoms with Crippen LogP contribution >= 0.6 is 0 Å². The van der Waals surface area contributed by atoms with Crippen LogP contribution in [0.5, 0.6) is 0 Å². The second-order valence-electron chi connectivity index (χ2n) is 6.57. The van der Waals surface area contributed by atoms with Crippen LogP contribution in [-0.2, 0) is 0 Å². The van der Waals surface area contributed by atoms with E-state index in [4.69, 9.17) is 0 Å². The molecular weight excluding hydrogens is 306 g/mol. The lowest BCUT2D eigenvalue weighted by molar-refractivity contribution is 0.917. The zero-order valence-corrected chi connectivity index (χ0v) is 13.8. The highest BCUT2D eigenvalue weighted by molar-refractivity contribution is 5.99. The first-order valence-corrected chi connectivity index (χ1v) is 8.66. The van der Waals surface area contributed by atoms with E-state index in [1.54, 1.807) is 0 Å². The second-order valence-corrected chi connectivity index (χ2v) is 6.57. The number of hydrogen-bond acceptors (Lipinski definition) is 3. The fraction of sp³-hybridized carbons (Fsp3) is 0.136. The van der Waals surface area contributed by atoms with Gasteiger partial charge in [0.15, 0.2) is 0 Å². The van der Waals surface area contributed by atoms with E-state index < -0.39 is 0 Å². The Balaban J connectivity index is 1.78. The Hall–Kier alpha value is -3.07. The Morgan fingerprint density at radius 3 is 2.40 bits per heavy atom. The van der Waals surface area contributed by atoms with E-state index >= 15 is 0 Å². The number of hydrogen-bond donors (Lipinski definition) is 0. The van der Waals surface area contributed by atoms with Gasteiger partial charge in [-0.15, -0.1) is 5.10 Å². The van der Waals surface area contributed by atoms with E-state index in [-0.39, 0.29) is 0 Å². The van der Waals surface area contributed by atoms with Crippen molar-refractivity contribution in [2.45, 2.75) is 18.8 Å². The van der Waals surface area contributed by atoms with Crippen molar-refractivity contribution in [1.82, 2.24) is 15.2 Å². The van der Waals surface area contributed by atoms with Gasteiger partial charge in [0.05, 0.1) is 5.69 Å². The molecule has 3 heteroatoms. The van der Waals surface area contributed by atoms with Gasteiger partial charge in [0.25, 0.3) is 0 Å². The Morgan fingerprint density at radius 1 is 0.760 bits per heavy atom. The molecule has 0 N–H and O–H groups in total. The molecule has 0 saturated heterocycles. The molecule has 0 aliphatic heterocycles. The van der Waals surface area contributed by atoms with Crippen molar-refractivity contribution in [1.29, 1.82) is 0 Å². The van der Waals surface area contributed by atoms with Crippen molar-refractivity contribution < 1.29 is 0 Å². The Bertz CT molecular complexity index is 1050. The van der Waals surface area contributed by atoms with E-state index in [0.717, 1.165) is 28.1 Å². The maximum atomic E-state index is 4.67. The second kappa shape index (κ2) is 5.78. The monoisotopic (exact) mass is 323 g/mol. The van der Waals surface area contributed by atoms with Gasteiger partial charge in [-0.05, 0) is 47.4 Å². The van der Waals surface area contributed by atoms with Crippen LogP contribution in [0.15, 0.2) is 73.1 Å². The minimum absolute atomic E-state index is 0.578. The summed E-state index contributed by atoms with van der Waals surface area (Å²) in [5, 5.41) is 11.6. The Morgan fingerprint density at radius 2 is 1.56 bits per heavy atom. The van der Waals surface area contributed by atoms with E-state index in [1.165, 1.54) is 23.6 Å². The molecule has 1 aliphatic rings. The molecule has 0 atom stereocenters. The Kier molecular flexibility index (Phi) is 3.30. The van der Waals surface area contributed by atoms with Gasteiger partial charge in [0, 0.05) is 29.4 Å². The van der Waals surface area contributed by atoms with Crippen molar-refractivity contribution in [3.8, 4) is 22.4 Å². The first-order chi connectivity index (χ1) is 12.4. The van der Waals surface area contributed by atoms with E-state index in [1.807, 2.05) is 24.5 Å². The molecule has 0 radical (unpaired) electrons. The van der Waals surface area contributed by atoms with Gasteiger partial charge in [-0.1, -0.05) is 42.5 Å². The number of aromatic nitrogens is 3. The van der Waals surface area contributed by atoms with Gasteiger partial charge in [-0.2, -0.15) is 5.10 Å². The third-order valence-electron chi connectivity index (χ3n) is 4.84. The van der Waals surface area contributed by atoms with Gasteiger partial charge in [0.2, 0.25) is 0 Å². The van der Waals surface area contributed by atoms with Crippen LogP contribution in [0.25, 0.3) is 33.2 Å². The SMILES string of the molecule is c1ccc2c(-c3nnc(C4CC4)cc3-c3ccncc3)cccc2c1. The maximum Gasteiger partial charge on any atom is 0.101 e. The summed E-state index contributed by atoms with van der Waals surface area (Å²) in [4.78, 5) is 4.16. The number of fused-ring (bicyclic) bond motifs is 1. The summed E-state index contributed by atoms with van der Waals surface area (Å²) in [5.74, 6) is 0.578. The number of benzene rings is 2. The van der Waals surface area contributed by atoms with Gasteiger partial charge in [-0.3, -0.25) is 4.98 Å². The highest BCUT2D eigenvalue weighted by Gasteiger charge is 2.27. The predicted octanol–water partition coefficient (Wildman–Crippen LogP) is 5.24. The minimum Gasteiger partial charge on any atom is -0.265 e. The van der Waals surface area contributed by atoms with Gasteiger partial charge in [-0.25, -0.2) is 0 Å². The average molecular weight is 323 g/mol. The summed E-state index contributed by atoms with van der Waals surface area (Å²) < 4.78 is 0. The van der Waals surface area contributed by atoms with Crippen molar-refractivity contribution in [3.63, 3.8) is 0 Å². The van der Waals surface area contributed by atoms with Crippen molar-refractivity contribution in [2.24, 2.45) is 0 Å². The molecule has 0 unspecified atom stereocenters. The lowest BCUT2D eigenvalue weighted by Crippen LogP contribution is -1.98. The van der Waals surface area contributed by atoms with Crippen LogP contribution in [0.3, 0.4) is 0 Å². The summed E-state index contributed by atoms with van der Waals surface area (Å²) in [6.45, 7) is 0. The topological polar surface area (TPSA) is 38.7 Å². The van der Waals surface area contributed by atoms with Crippen LogP contribution in [0.4, 0.5) is 0 Å². The molecule has 1 aliphatic carbocycles. The Labute approximate surface area is 146 Å². The lowest BCUT2D eigenvalue weighted by Gasteiger charge is -2.12. The third kappa shape index (κ3) is 2.58. The molecule has 0 amide bonds. The summed E-state index contributed by atoms with van der Waals surface area (Å²) in [6.07, 6.45) is 6.11. The lowest BCUT2D eigenvalue weighted by atomic mass is 9.95. The molecule has 2 heterocycles. The molecule has 1 fully saturated rings. The van der Waals surface area contributed by atoms with Crippen LogP contribution in [0.1, 0.15) is 24.5 Å². The minimum atomic E-state index is 0.578. The fourth-order valence-corrected chi connectivity index (χ4v) is 3.37. The van der Waals surface area contributed by atoms with Gasteiger partial charge < -0.3 is 0 Å². The first kappa shape index (κ1) is 14.3. The highest BCUT2D eigenvalue weighted by atomic mass is 15.1. The molecule has 1 saturated carbocycles. The molecule has 2 aromatic heterocycles. The molecule has 120 valence electrons. The predicted molar refractivity (Wildman–Crippen MR) is 100 cm³/mol. The van der Waals surface area contributed by atoms with Gasteiger partial charge >= 0.3 is 0 Å². The number of pyridine rings is 1. The standard InChI is InChI=1S/C22H17N3/c1-2-6-18-15(4-1)5-3-7-19(18)22-20(16-10-12-23-13-11-16)14-21(24-25-22)17-8-9-17/h1-7,10-14,17H,8-9H2. The van der Waals surface area contributed by atoms with E-state index in [9.17, 15) is 0 Å². The quantitative estimate of drug-likeness (QED) is 0.518. The zero-order chi connectivity index (χ0) is 16.6. The molecule has 3 nitrogen and oxygen atoms in total. The molecule has 25 heavy (non-hydrogen) atoms. The van der Waals surface area contributed by atoms with Crippen LogP contribution < -0.4 is 0 Å². The maximum absolute atomic E-state index is 4.67. The molecule has 0 bridgehead atoms. The largest absolute Gasteiger partial charge is 0.265 e. The van der Waals surface area contributed by atoms with Gasteiger partial charge in [0.1, 0.15) is 5.69 Å². The summed E-state index contributed by atoms with van der Waals surface area (Å²) in [7, 11) is 0. The molecule has 5 rings (SSSR count). The van der Waals surface area contributed by atoms with Crippen molar-refractivity contribution >= 4 is 10.8 Å². The summed E-state index contributed by atoms with van der Waals surface area (Å²) >= 11 is 0. The molecule has 2 aromatic carbocycles. The normalized spacial score (nSPS) is 13.9. The van der Waals surface area contributed by atoms with Crippen molar-refractivity contribution in [3.05, 3.63) is 78.8 Å². The first-order valence-electron chi connectivity index (χ1n) is 8.66. The summed E-state index contributed by atoms with van der Waals surface area (Å²) in [6, 6.07) is 21.1. The highest BCUT2D eigenvalue weighted by Crippen LogP contribution is 2.42. The molecule has 4 aromatic rings. The van der Waals surface area contributed by atoms with Crippen LogP contribution in [0.2, 0.25) is 0 Å². The number of rotatable bonds is 3. The molecule has 0 spiro atoms. The van der Waals surface area contributed by atoms with Crippen LogP contribution in [-0.4, -0.2) is 15.2 Å². The van der Waals surface area contributed by atoms with E-state index in [2.05, 4.69) is 63.7 Å². The fourth-order valence-electron chi connectivity index (χ4n) is 3.37.